The average Bonchev–Trinajstić information content (AvgIpc) is 3.35. The van der Waals surface area contributed by atoms with Crippen LogP contribution in [-0.2, 0) is 17.6 Å². The van der Waals surface area contributed by atoms with Crippen LogP contribution in [0.1, 0.15) is 52.7 Å². The molecule has 2 amide bonds. The van der Waals surface area contributed by atoms with Crippen molar-refractivity contribution in [1.29, 1.82) is 5.26 Å². The van der Waals surface area contributed by atoms with Crippen LogP contribution >= 0.6 is 11.3 Å². The maximum atomic E-state index is 12.9. The van der Waals surface area contributed by atoms with Gasteiger partial charge in [0.2, 0.25) is 5.91 Å². The molecular formula is C22H26N4O3S. The average molecular weight is 427 g/mol. The van der Waals surface area contributed by atoms with Crippen molar-refractivity contribution in [3.05, 3.63) is 40.2 Å². The Morgan fingerprint density at radius 3 is 2.67 bits per heavy atom. The van der Waals surface area contributed by atoms with Gasteiger partial charge in [0.1, 0.15) is 11.1 Å². The van der Waals surface area contributed by atoms with Crippen molar-refractivity contribution in [2.75, 3.05) is 31.5 Å². The predicted molar refractivity (Wildman–Crippen MR) is 115 cm³/mol. The molecule has 1 aliphatic heterocycles. The van der Waals surface area contributed by atoms with Gasteiger partial charge in [0.15, 0.2) is 5.76 Å². The molecule has 0 unspecified atom stereocenters. The first-order valence-corrected chi connectivity index (χ1v) is 11.3. The van der Waals surface area contributed by atoms with Crippen molar-refractivity contribution in [1.82, 2.24) is 9.80 Å². The third-order valence-corrected chi connectivity index (χ3v) is 7.24. The molecule has 1 atom stereocenters. The summed E-state index contributed by atoms with van der Waals surface area (Å²) in [6, 6.07) is 5.35. The van der Waals surface area contributed by atoms with Gasteiger partial charge in [0.05, 0.1) is 17.9 Å². The lowest BCUT2D eigenvalue weighted by Crippen LogP contribution is -2.54. The second-order valence-corrected chi connectivity index (χ2v) is 8.96. The van der Waals surface area contributed by atoms with Crippen molar-refractivity contribution in [2.45, 2.75) is 45.1 Å². The number of piperazine rings is 1. The molecule has 0 radical (unpaired) electrons. The summed E-state index contributed by atoms with van der Waals surface area (Å²) < 4.78 is 5.20. The summed E-state index contributed by atoms with van der Waals surface area (Å²) in [4.78, 5) is 30.4. The zero-order chi connectivity index (χ0) is 21.1. The Kier molecular flexibility index (Phi) is 6.21. The minimum Gasteiger partial charge on any atom is -0.459 e. The molecular weight excluding hydrogens is 400 g/mol. The first-order valence-electron chi connectivity index (χ1n) is 10.5. The van der Waals surface area contributed by atoms with Gasteiger partial charge in [0, 0.05) is 31.1 Å². The maximum absolute atomic E-state index is 12.9. The largest absolute Gasteiger partial charge is 0.459 e. The molecule has 1 N–H and O–H groups in total. The van der Waals surface area contributed by atoms with Gasteiger partial charge < -0.3 is 14.6 Å². The molecule has 7 nitrogen and oxygen atoms in total. The molecule has 1 saturated heterocycles. The molecule has 158 valence electrons. The van der Waals surface area contributed by atoms with Crippen LogP contribution in [0.25, 0.3) is 0 Å². The first kappa shape index (κ1) is 20.6. The molecule has 0 saturated carbocycles. The number of anilines is 1. The van der Waals surface area contributed by atoms with E-state index >= 15 is 0 Å². The first-order chi connectivity index (χ1) is 14.6. The highest BCUT2D eigenvalue weighted by atomic mass is 32.1. The normalized spacial score (nSPS) is 18.2. The Balaban J connectivity index is 1.37. The van der Waals surface area contributed by atoms with E-state index < -0.39 is 0 Å². The van der Waals surface area contributed by atoms with Gasteiger partial charge in [-0.25, -0.2) is 0 Å². The van der Waals surface area contributed by atoms with E-state index in [0.717, 1.165) is 31.2 Å². The van der Waals surface area contributed by atoms with Crippen molar-refractivity contribution >= 4 is 28.2 Å². The molecule has 30 heavy (non-hydrogen) atoms. The SMILES string of the molecule is C[C@H](C(=O)Nc1sc2c(c1C#N)CCCCC2)N1CCN(C(=O)c2ccco2)CC1. The van der Waals surface area contributed by atoms with Crippen LogP contribution in [0, 0.1) is 11.3 Å². The van der Waals surface area contributed by atoms with Crippen LogP contribution in [0.3, 0.4) is 0 Å². The summed E-state index contributed by atoms with van der Waals surface area (Å²) in [6.07, 6.45) is 6.85. The molecule has 2 aromatic rings. The number of nitrogens with one attached hydrogen (secondary N) is 1. The van der Waals surface area contributed by atoms with Crippen LogP contribution in [0.4, 0.5) is 5.00 Å². The Bertz CT molecular complexity index is 952. The highest BCUT2D eigenvalue weighted by molar-refractivity contribution is 7.16. The third kappa shape index (κ3) is 4.13. The Morgan fingerprint density at radius 1 is 1.20 bits per heavy atom. The topological polar surface area (TPSA) is 89.6 Å². The fourth-order valence-electron chi connectivity index (χ4n) is 4.20. The number of nitriles is 1. The molecule has 2 aliphatic rings. The van der Waals surface area contributed by atoms with Gasteiger partial charge >= 0.3 is 0 Å². The molecule has 1 fully saturated rings. The monoisotopic (exact) mass is 426 g/mol. The summed E-state index contributed by atoms with van der Waals surface area (Å²) in [5.41, 5.74) is 1.78. The number of nitrogens with zero attached hydrogens (tertiary/aromatic N) is 3. The van der Waals surface area contributed by atoms with E-state index in [1.807, 2.05) is 6.92 Å². The number of thiophene rings is 1. The molecule has 0 spiro atoms. The zero-order valence-electron chi connectivity index (χ0n) is 17.1. The van der Waals surface area contributed by atoms with Crippen LogP contribution in [-0.4, -0.2) is 53.8 Å². The molecule has 1 aliphatic carbocycles. The summed E-state index contributed by atoms with van der Waals surface area (Å²) in [7, 11) is 0. The second kappa shape index (κ2) is 9.02. The van der Waals surface area contributed by atoms with Gasteiger partial charge in [0.25, 0.3) is 5.91 Å². The number of rotatable bonds is 4. The highest BCUT2D eigenvalue weighted by Gasteiger charge is 2.30. The summed E-state index contributed by atoms with van der Waals surface area (Å²) in [6.45, 7) is 4.21. The number of fused-ring (bicyclic) bond motifs is 1. The number of aryl methyl sites for hydroxylation is 1. The lowest BCUT2D eigenvalue weighted by atomic mass is 10.1. The highest BCUT2D eigenvalue weighted by Crippen LogP contribution is 2.37. The molecule has 0 aromatic carbocycles. The molecule has 2 aromatic heterocycles. The fourth-order valence-corrected chi connectivity index (χ4v) is 5.44. The zero-order valence-corrected chi connectivity index (χ0v) is 18.0. The van der Waals surface area contributed by atoms with Gasteiger partial charge in [-0.3, -0.25) is 14.5 Å². The number of hydrogen-bond donors (Lipinski definition) is 1. The Morgan fingerprint density at radius 2 is 1.97 bits per heavy atom. The van der Waals surface area contributed by atoms with E-state index in [2.05, 4.69) is 16.3 Å². The molecule has 3 heterocycles. The molecule has 8 heteroatoms. The summed E-state index contributed by atoms with van der Waals surface area (Å²) >= 11 is 1.56. The number of carbonyl (C=O) groups excluding carboxylic acids is 2. The fraction of sp³-hybridized carbons (Fsp3) is 0.500. The van der Waals surface area contributed by atoms with Gasteiger partial charge in [-0.15, -0.1) is 11.3 Å². The number of hydrogen-bond acceptors (Lipinski definition) is 6. The van der Waals surface area contributed by atoms with Gasteiger partial charge in [-0.1, -0.05) is 6.42 Å². The van der Waals surface area contributed by atoms with Crippen LogP contribution in [0.5, 0.6) is 0 Å². The lowest BCUT2D eigenvalue weighted by molar-refractivity contribution is -0.121. The second-order valence-electron chi connectivity index (χ2n) is 7.85. The van der Waals surface area contributed by atoms with Crippen molar-refractivity contribution in [2.24, 2.45) is 0 Å². The van der Waals surface area contributed by atoms with Gasteiger partial charge in [-0.2, -0.15) is 5.26 Å². The minimum absolute atomic E-state index is 0.103. The molecule has 4 rings (SSSR count). The third-order valence-electron chi connectivity index (χ3n) is 6.03. The maximum Gasteiger partial charge on any atom is 0.289 e. The van der Waals surface area contributed by atoms with Gasteiger partial charge in [-0.05, 0) is 50.3 Å². The van der Waals surface area contributed by atoms with Crippen LogP contribution in [0.2, 0.25) is 0 Å². The summed E-state index contributed by atoms with van der Waals surface area (Å²) in [5, 5.41) is 13.4. The number of carbonyl (C=O) groups is 2. The van der Waals surface area contributed by atoms with E-state index in [4.69, 9.17) is 4.42 Å². The number of amides is 2. The van der Waals surface area contributed by atoms with E-state index in [1.165, 1.54) is 17.6 Å². The van der Waals surface area contributed by atoms with E-state index in [1.54, 1.807) is 28.4 Å². The smallest absolute Gasteiger partial charge is 0.289 e. The van der Waals surface area contributed by atoms with Crippen molar-refractivity contribution < 1.29 is 14.0 Å². The van der Waals surface area contributed by atoms with Crippen molar-refractivity contribution in [3.63, 3.8) is 0 Å². The summed E-state index contributed by atoms with van der Waals surface area (Å²) in [5.74, 6) is 0.125. The lowest BCUT2D eigenvalue weighted by Gasteiger charge is -2.37. The Labute approximate surface area is 180 Å². The molecule has 0 bridgehead atoms. The van der Waals surface area contributed by atoms with Crippen molar-refractivity contribution in [3.8, 4) is 6.07 Å². The minimum atomic E-state index is -0.334. The standard InChI is InChI=1S/C22H26N4O3S/c1-15(25-9-11-26(12-10-25)22(28)18-7-5-13-29-18)20(27)24-21-17(14-23)16-6-3-2-4-8-19(16)30-21/h5,7,13,15H,2-4,6,8-12H2,1H3,(H,24,27)/t15-/m1/s1. The number of furan rings is 1. The van der Waals surface area contributed by atoms with Crippen LogP contribution in [0.15, 0.2) is 22.8 Å². The van der Waals surface area contributed by atoms with E-state index in [9.17, 15) is 14.9 Å². The Hall–Kier alpha value is -2.63. The quantitative estimate of drug-likeness (QED) is 0.758. The van der Waals surface area contributed by atoms with E-state index in [-0.39, 0.29) is 17.9 Å². The van der Waals surface area contributed by atoms with Crippen LogP contribution < -0.4 is 5.32 Å². The van der Waals surface area contributed by atoms with E-state index in [0.29, 0.717) is 42.5 Å². The predicted octanol–water partition coefficient (Wildman–Crippen LogP) is 3.27.